The minimum absolute atomic E-state index is 0.458. The van der Waals surface area contributed by atoms with Gasteiger partial charge in [0, 0.05) is 42.8 Å². The topological polar surface area (TPSA) is 41.1 Å². The van der Waals surface area contributed by atoms with E-state index in [0.717, 1.165) is 29.4 Å². The van der Waals surface area contributed by atoms with Gasteiger partial charge in [-0.3, -0.25) is 0 Å². The fourth-order valence-corrected chi connectivity index (χ4v) is 2.01. The Labute approximate surface area is 127 Å². The monoisotopic (exact) mass is 284 g/mol. The van der Waals surface area contributed by atoms with Crippen LogP contribution < -0.4 is 10.2 Å². The summed E-state index contributed by atoms with van der Waals surface area (Å²) in [6.07, 6.45) is 1.91. The Kier molecular flexibility index (Phi) is 4.91. The highest BCUT2D eigenvalue weighted by atomic mass is 15.2. The smallest absolute Gasteiger partial charge is 0.229 e. The van der Waals surface area contributed by atoms with E-state index in [2.05, 4.69) is 60.3 Å². The first kappa shape index (κ1) is 15.4. The first-order chi connectivity index (χ1) is 9.97. The molecule has 2 aromatic rings. The zero-order valence-corrected chi connectivity index (χ0v) is 13.5. The van der Waals surface area contributed by atoms with Gasteiger partial charge in [0.15, 0.2) is 0 Å². The highest BCUT2D eigenvalue weighted by Crippen LogP contribution is 2.21. The summed E-state index contributed by atoms with van der Waals surface area (Å²) in [5.41, 5.74) is 4.50. The molecule has 1 aromatic heterocycles. The maximum Gasteiger partial charge on any atom is 0.229 e. The molecule has 0 aliphatic heterocycles. The average Bonchev–Trinajstić information content (AvgIpc) is 2.46. The molecule has 112 valence electrons. The molecule has 4 heteroatoms. The zero-order valence-electron chi connectivity index (χ0n) is 13.5. The SMILES string of the molecule is Cc1ccc(N(C)c2ncc(CNC(C)C)c(C)n2)cc1. The van der Waals surface area contributed by atoms with Crippen LogP contribution in [0.1, 0.15) is 30.7 Å². The molecule has 0 fully saturated rings. The minimum atomic E-state index is 0.458. The Bertz CT molecular complexity index is 590. The molecule has 0 saturated heterocycles. The van der Waals surface area contributed by atoms with E-state index < -0.39 is 0 Å². The van der Waals surface area contributed by atoms with Crippen LogP contribution in [0.5, 0.6) is 0 Å². The molecule has 0 bridgehead atoms. The predicted molar refractivity (Wildman–Crippen MR) is 88.0 cm³/mol. The molecule has 0 aliphatic carbocycles. The first-order valence-corrected chi connectivity index (χ1v) is 7.33. The van der Waals surface area contributed by atoms with Crippen molar-refractivity contribution >= 4 is 11.6 Å². The molecule has 0 amide bonds. The maximum absolute atomic E-state index is 4.62. The van der Waals surface area contributed by atoms with E-state index in [1.807, 2.05) is 25.1 Å². The summed E-state index contributed by atoms with van der Waals surface area (Å²) >= 11 is 0. The Morgan fingerprint density at radius 2 is 1.81 bits per heavy atom. The highest BCUT2D eigenvalue weighted by molar-refractivity contribution is 5.56. The number of benzene rings is 1. The molecule has 1 heterocycles. The first-order valence-electron chi connectivity index (χ1n) is 7.33. The standard InChI is InChI=1S/C17H24N4/c1-12(2)18-10-15-11-19-17(20-14(15)4)21(5)16-8-6-13(3)7-9-16/h6-9,11-12,18H,10H2,1-5H3. The molecule has 1 N–H and O–H groups in total. The summed E-state index contributed by atoms with van der Waals surface area (Å²) in [5, 5.41) is 3.40. The van der Waals surface area contributed by atoms with E-state index in [-0.39, 0.29) is 0 Å². The van der Waals surface area contributed by atoms with Gasteiger partial charge in [0.2, 0.25) is 5.95 Å². The molecule has 21 heavy (non-hydrogen) atoms. The van der Waals surface area contributed by atoms with Gasteiger partial charge in [-0.2, -0.15) is 0 Å². The lowest BCUT2D eigenvalue weighted by Crippen LogP contribution is -2.23. The third-order valence-corrected chi connectivity index (χ3v) is 3.49. The van der Waals surface area contributed by atoms with Crippen molar-refractivity contribution in [1.29, 1.82) is 0 Å². The predicted octanol–water partition coefficient (Wildman–Crippen LogP) is 3.36. The van der Waals surface area contributed by atoms with Crippen LogP contribution in [-0.4, -0.2) is 23.1 Å². The van der Waals surface area contributed by atoms with E-state index in [0.29, 0.717) is 6.04 Å². The lowest BCUT2D eigenvalue weighted by molar-refractivity contribution is 0.585. The molecule has 4 nitrogen and oxygen atoms in total. The third kappa shape index (κ3) is 4.02. The van der Waals surface area contributed by atoms with E-state index in [9.17, 15) is 0 Å². The lowest BCUT2D eigenvalue weighted by Gasteiger charge is -2.18. The zero-order chi connectivity index (χ0) is 15.4. The molecule has 2 rings (SSSR count). The Balaban J connectivity index is 2.17. The summed E-state index contributed by atoms with van der Waals surface area (Å²) in [7, 11) is 1.99. The average molecular weight is 284 g/mol. The Morgan fingerprint density at radius 3 is 2.38 bits per heavy atom. The third-order valence-electron chi connectivity index (χ3n) is 3.49. The molecule has 1 aromatic carbocycles. The molecular formula is C17H24N4. The number of nitrogens with one attached hydrogen (secondary N) is 1. The van der Waals surface area contributed by atoms with Gasteiger partial charge in [-0.1, -0.05) is 31.5 Å². The number of hydrogen-bond acceptors (Lipinski definition) is 4. The molecular weight excluding hydrogens is 260 g/mol. The molecule has 0 atom stereocenters. The van der Waals surface area contributed by atoms with Gasteiger partial charge in [0.25, 0.3) is 0 Å². The normalized spacial score (nSPS) is 11.0. The van der Waals surface area contributed by atoms with Gasteiger partial charge in [-0.25, -0.2) is 9.97 Å². The van der Waals surface area contributed by atoms with E-state index in [1.165, 1.54) is 5.56 Å². The number of anilines is 2. The van der Waals surface area contributed by atoms with Crippen LogP contribution in [-0.2, 0) is 6.54 Å². The Morgan fingerprint density at radius 1 is 1.14 bits per heavy atom. The molecule has 0 unspecified atom stereocenters. The van der Waals surface area contributed by atoms with Crippen molar-refractivity contribution in [1.82, 2.24) is 15.3 Å². The quantitative estimate of drug-likeness (QED) is 0.914. The number of nitrogens with zero attached hydrogens (tertiary/aromatic N) is 3. The fraction of sp³-hybridized carbons (Fsp3) is 0.412. The number of aryl methyl sites for hydroxylation is 2. The van der Waals surface area contributed by atoms with E-state index in [1.54, 1.807) is 0 Å². The molecule has 0 spiro atoms. The van der Waals surface area contributed by atoms with Gasteiger partial charge < -0.3 is 10.2 Å². The number of aromatic nitrogens is 2. The van der Waals surface area contributed by atoms with E-state index >= 15 is 0 Å². The summed E-state index contributed by atoms with van der Waals surface area (Å²) < 4.78 is 0. The van der Waals surface area contributed by atoms with Crippen molar-refractivity contribution in [3.8, 4) is 0 Å². The van der Waals surface area contributed by atoms with Crippen LogP contribution in [0.15, 0.2) is 30.5 Å². The Hall–Kier alpha value is -1.94. The summed E-state index contributed by atoms with van der Waals surface area (Å²) in [6.45, 7) is 9.19. The summed E-state index contributed by atoms with van der Waals surface area (Å²) in [5.74, 6) is 0.727. The van der Waals surface area contributed by atoms with Crippen LogP contribution in [0.3, 0.4) is 0 Å². The van der Waals surface area contributed by atoms with Crippen molar-refractivity contribution < 1.29 is 0 Å². The second-order valence-electron chi connectivity index (χ2n) is 5.71. The highest BCUT2D eigenvalue weighted by Gasteiger charge is 2.09. The second-order valence-corrected chi connectivity index (χ2v) is 5.71. The van der Waals surface area contributed by atoms with Crippen molar-refractivity contribution in [3.63, 3.8) is 0 Å². The molecule has 0 aliphatic rings. The van der Waals surface area contributed by atoms with Crippen molar-refractivity contribution in [3.05, 3.63) is 47.3 Å². The summed E-state index contributed by atoms with van der Waals surface area (Å²) in [6, 6.07) is 8.82. The largest absolute Gasteiger partial charge is 0.314 e. The maximum atomic E-state index is 4.62. The van der Waals surface area contributed by atoms with Gasteiger partial charge in [0.05, 0.1) is 0 Å². The summed E-state index contributed by atoms with van der Waals surface area (Å²) in [4.78, 5) is 11.1. The van der Waals surface area contributed by atoms with Crippen LogP contribution in [0.25, 0.3) is 0 Å². The van der Waals surface area contributed by atoms with Gasteiger partial charge in [0.1, 0.15) is 0 Å². The lowest BCUT2D eigenvalue weighted by atomic mass is 10.2. The molecule has 0 saturated carbocycles. The van der Waals surface area contributed by atoms with Gasteiger partial charge in [-0.05, 0) is 26.0 Å². The molecule has 0 radical (unpaired) electrons. The van der Waals surface area contributed by atoms with Crippen LogP contribution in [0, 0.1) is 13.8 Å². The fourth-order valence-electron chi connectivity index (χ4n) is 2.01. The van der Waals surface area contributed by atoms with Crippen LogP contribution >= 0.6 is 0 Å². The van der Waals surface area contributed by atoms with Crippen molar-refractivity contribution in [2.75, 3.05) is 11.9 Å². The minimum Gasteiger partial charge on any atom is -0.314 e. The van der Waals surface area contributed by atoms with Gasteiger partial charge >= 0.3 is 0 Å². The van der Waals surface area contributed by atoms with Crippen molar-refractivity contribution in [2.24, 2.45) is 0 Å². The number of rotatable bonds is 5. The van der Waals surface area contributed by atoms with Gasteiger partial charge in [-0.15, -0.1) is 0 Å². The second kappa shape index (κ2) is 6.68. The number of hydrogen-bond donors (Lipinski definition) is 1. The van der Waals surface area contributed by atoms with E-state index in [4.69, 9.17) is 0 Å². The van der Waals surface area contributed by atoms with Crippen LogP contribution in [0.2, 0.25) is 0 Å². The van der Waals surface area contributed by atoms with Crippen molar-refractivity contribution in [2.45, 2.75) is 40.3 Å². The van der Waals surface area contributed by atoms with Crippen LogP contribution in [0.4, 0.5) is 11.6 Å².